The zero-order valence-electron chi connectivity index (χ0n) is 15.2. The lowest BCUT2D eigenvalue weighted by Gasteiger charge is -2.17. The Kier molecular flexibility index (Phi) is 4.75. The number of nitrogens with zero attached hydrogens (tertiary/aromatic N) is 4. The molecule has 140 valence electrons. The van der Waals surface area contributed by atoms with Crippen molar-refractivity contribution < 1.29 is 9.90 Å². The summed E-state index contributed by atoms with van der Waals surface area (Å²) in [7, 11) is 0. The molecule has 3 aromatic heterocycles. The van der Waals surface area contributed by atoms with Gasteiger partial charge in [-0.25, -0.2) is 9.97 Å². The molecule has 0 saturated carbocycles. The fraction of sp³-hybridized carbons (Fsp3) is 0.368. The fourth-order valence-electron chi connectivity index (χ4n) is 3.23. The Labute approximate surface area is 161 Å². The molecule has 0 bridgehead atoms. The average Bonchev–Trinajstić information content (AvgIpc) is 3.26. The summed E-state index contributed by atoms with van der Waals surface area (Å²) >= 11 is 1.52. The van der Waals surface area contributed by atoms with Gasteiger partial charge in [0.15, 0.2) is 5.69 Å². The number of β-amino-alcohol motifs (C(OH)–C–C–N with tert-alkyl or cyclic N) is 1. The number of aryl methyl sites for hydroxylation is 1. The number of carbonyl (C=O) groups is 1. The van der Waals surface area contributed by atoms with Gasteiger partial charge in [0.25, 0.3) is 5.91 Å². The summed E-state index contributed by atoms with van der Waals surface area (Å²) in [6.45, 7) is 4.86. The van der Waals surface area contributed by atoms with E-state index in [9.17, 15) is 9.90 Å². The molecule has 0 aromatic carbocycles. The highest BCUT2D eigenvalue weighted by Gasteiger charge is 2.28. The van der Waals surface area contributed by atoms with Crippen LogP contribution in [0.1, 0.15) is 40.4 Å². The van der Waals surface area contributed by atoms with Gasteiger partial charge in [0.1, 0.15) is 0 Å². The monoisotopic (exact) mass is 383 g/mol. The number of thiophene rings is 1. The SMILES string of the molecule is Cc1cc2nc(N[C@@H](C)c3ccccn3)nc(C(=O)N3CC[C@@H](O)C3)c2s1. The second-order valence-corrected chi connectivity index (χ2v) is 8.04. The van der Waals surface area contributed by atoms with E-state index in [-0.39, 0.29) is 11.9 Å². The predicted molar refractivity (Wildman–Crippen MR) is 105 cm³/mol. The molecule has 2 N–H and O–H groups in total. The average molecular weight is 383 g/mol. The van der Waals surface area contributed by atoms with Crippen molar-refractivity contribution in [2.45, 2.75) is 32.4 Å². The van der Waals surface area contributed by atoms with Gasteiger partial charge in [-0.05, 0) is 38.5 Å². The van der Waals surface area contributed by atoms with E-state index in [4.69, 9.17) is 0 Å². The maximum atomic E-state index is 13.0. The first kappa shape index (κ1) is 17.8. The second-order valence-electron chi connectivity index (χ2n) is 6.78. The fourth-order valence-corrected chi connectivity index (χ4v) is 4.17. The first-order valence-corrected chi connectivity index (χ1v) is 9.76. The zero-order valence-corrected chi connectivity index (χ0v) is 16.0. The van der Waals surface area contributed by atoms with E-state index in [1.165, 1.54) is 11.3 Å². The van der Waals surface area contributed by atoms with Crippen LogP contribution < -0.4 is 5.32 Å². The van der Waals surface area contributed by atoms with E-state index in [0.717, 1.165) is 20.8 Å². The normalized spacial score (nSPS) is 18.0. The summed E-state index contributed by atoms with van der Waals surface area (Å²) in [5, 5.41) is 13.0. The van der Waals surface area contributed by atoms with Crippen LogP contribution in [0.25, 0.3) is 10.2 Å². The standard InChI is InChI=1S/C19H21N5O2S/c1-11-9-15-17(27-11)16(18(26)24-8-6-13(25)10-24)23-19(22-15)21-12(2)14-5-3-4-7-20-14/h3-5,7,9,12-13,25H,6,8,10H2,1-2H3,(H,21,22,23)/t12-,13+/m0/s1. The minimum Gasteiger partial charge on any atom is -0.391 e. The lowest BCUT2D eigenvalue weighted by Crippen LogP contribution is -2.30. The third-order valence-electron chi connectivity index (χ3n) is 4.62. The number of fused-ring (bicyclic) bond motifs is 1. The number of aromatic nitrogens is 3. The summed E-state index contributed by atoms with van der Waals surface area (Å²) in [6, 6.07) is 7.60. The Morgan fingerprint density at radius 1 is 1.41 bits per heavy atom. The number of amides is 1. The van der Waals surface area contributed by atoms with E-state index in [0.29, 0.717) is 31.2 Å². The molecule has 8 heteroatoms. The Bertz CT molecular complexity index is 975. The molecule has 2 atom stereocenters. The molecule has 7 nitrogen and oxygen atoms in total. The maximum Gasteiger partial charge on any atom is 0.274 e. The lowest BCUT2D eigenvalue weighted by molar-refractivity contribution is 0.0761. The summed E-state index contributed by atoms with van der Waals surface area (Å²) in [6.07, 6.45) is 1.89. The third kappa shape index (κ3) is 3.63. The summed E-state index contributed by atoms with van der Waals surface area (Å²) < 4.78 is 0.787. The van der Waals surface area contributed by atoms with Crippen molar-refractivity contribution in [1.82, 2.24) is 19.9 Å². The van der Waals surface area contributed by atoms with Crippen LogP contribution in [-0.2, 0) is 0 Å². The van der Waals surface area contributed by atoms with Gasteiger partial charge in [-0.1, -0.05) is 6.07 Å². The van der Waals surface area contributed by atoms with Crippen molar-refractivity contribution in [3.63, 3.8) is 0 Å². The quantitative estimate of drug-likeness (QED) is 0.720. The minimum absolute atomic E-state index is 0.0973. The van der Waals surface area contributed by atoms with Gasteiger partial charge in [-0.3, -0.25) is 9.78 Å². The molecule has 0 spiro atoms. The van der Waals surface area contributed by atoms with Gasteiger partial charge in [-0.15, -0.1) is 11.3 Å². The Hall–Kier alpha value is -2.58. The molecule has 0 unspecified atom stereocenters. The Balaban J connectivity index is 1.69. The predicted octanol–water partition coefficient (Wildman–Crippen LogP) is 2.77. The largest absolute Gasteiger partial charge is 0.391 e. The smallest absolute Gasteiger partial charge is 0.274 e. The molecule has 1 saturated heterocycles. The van der Waals surface area contributed by atoms with E-state index in [2.05, 4.69) is 20.3 Å². The second kappa shape index (κ2) is 7.21. The lowest BCUT2D eigenvalue weighted by atomic mass is 10.2. The van der Waals surface area contributed by atoms with E-state index >= 15 is 0 Å². The molecular weight excluding hydrogens is 362 g/mol. The maximum absolute atomic E-state index is 13.0. The van der Waals surface area contributed by atoms with Crippen molar-refractivity contribution >= 4 is 33.4 Å². The van der Waals surface area contributed by atoms with E-state index in [1.54, 1.807) is 11.1 Å². The van der Waals surface area contributed by atoms with Crippen LogP contribution in [0.3, 0.4) is 0 Å². The Morgan fingerprint density at radius 2 is 2.26 bits per heavy atom. The number of nitrogens with one attached hydrogen (secondary N) is 1. The first-order valence-electron chi connectivity index (χ1n) is 8.94. The summed E-state index contributed by atoms with van der Waals surface area (Å²) in [5.41, 5.74) is 2.02. The van der Waals surface area contributed by atoms with E-state index < -0.39 is 6.10 Å². The number of rotatable bonds is 4. The number of carbonyl (C=O) groups excluding carboxylic acids is 1. The third-order valence-corrected chi connectivity index (χ3v) is 5.67. The summed E-state index contributed by atoms with van der Waals surface area (Å²) in [5.74, 6) is 0.246. The number of pyridine rings is 1. The number of aliphatic hydroxyl groups is 1. The van der Waals surface area contributed by atoms with E-state index in [1.807, 2.05) is 38.1 Å². The topological polar surface area (TPSA) is 91.2 Å². The van der Waals surface area contributed by atoms with Crippen molar-refractivity contribution in [3.8, 4) is 0 Å². The number of hydrogen-bond donors (Lipinski definition) is 2. The van der Waals surface area contributed by atoms with Crippen LogP contribution in [0.4, 0.5) is 5.95 Å². The van der Waals surface area contributed by atoms with Crippen LogP contribution in [0.2, 0.25) is 0 Å². The molecule has 0 radical (unpaired) electrons. The molecule has 1 aliphatic heterocycles. The highest BCUT2D eigenvalue weighted by molar-refractivity contribution is 7.19. The van der Waals surface area contributed by atoms with Gasteiger partial charge in [0.2, 0.25) is 5.95 Å². The van der Waals surface area contributed by atoms with Crippen LogP contribution in [0.15, 0.2) is 30.5 Å². The van der Waals surface area contributed by atoms with Gasteiger partial charge in [-0.2, -0.15) is 0 Å². The molecule has 3 aromatic rings. The summed E-state index contributed by atoms with van der Waals surface area (Å²) in [4.78, 5) is 29.2. The number of likely N-dealkylation sites (tertiary alicyclic amines) is 1. The van der Waals surface area contributed by atoms with Crippen molar-refractivity contribution in [2.75, 3.05) is 18.4 Å². The Morgan fingerprint density at radius 3 is 2.96 bits per heavy atom. The van der Waals surface area contributed by atoms with Gasteiger partial charge < -0.3 is 15.3 Å². The first-order chi connectivity index (χ1) is 13.0. The van der Waals surface area contributed by atoms with Crippen LogP contribution in [-0.4, -0.2) is 50.1 Å². The number of hydrogen-bond acceptors (Lipinski definition) is 7. The van der Waals surface area contributed by atoms with Gasteiger partial charge in [0, 0.05) is 24.2 Å². The zero-order chi connectivity index (χ0) is 19.0. The highest BCUT2D eigenvalue weighted by atomic mass is 32.1. The molecule has 4 rings (SSSR count). The highest BCUT2D eigenvalue weighted by Crippen LogP contribution is 2.29. The van der Waals surface area contributed by atoms with Crippen molar-refractivity contribution in [2.24, 2.45) is 0 Å². The number of anilines is 1. The molecule has 4 heterocycles. The van der Waals surface area contributed by atoms with Crippen LogP contribution >= 0.6 is 11.3 Å². The molecule has 1 aliphatic rings. The molecule has 27 heavy (non-hydrogen) atoms. The molecule has 1 amide bonds. The van der Waals surface area contributed by atoms with Crippen LogP contribution in [0, 0.1) is 6.92 Å². The van der Waals surface area contributed by atoms with Crippen LogP contribution in [0.5, 0.6) is 0 Å². The molecular formula is C19H21N5O2S. The van der Waals surface area contributed by atoms with Gasteiger partial charge >= 0.3 is 0 Å². The molecule has 1 fully saturated rings. The van der Waals surface area contributed by atoms with Crippen molar-refractivity contribution in [3.05, 3.63) is 46.7 Å². The number of aliphatic hydroxyl groups excluding tert-OH is 1. The van der Waals surface area contributed by atoms with Crippen molar-refractivity contribution in [1.29, 1.82) is 0 Å². The molecule has 0 aliphatic carbocycles. The van der Waals surface area contributed by atoms with Gasteiger partial charge in [0.05, 0.1) is 28.1 Å². The minimum atomic E-state index is -0.460.